The van der Waals surface area contributed by atoms with Crippen LogP contribution in [0.3, 0.4) is 0 Å². The molecule has 0 aliphatic rings. The Kier molecular flexibility index (Phi) is 10.1. The molecular formula is C12H23Cl. The highest BCUT2D eigenvalue weighted by Crippen LogP contribution is 2.11. The molecule has 1 heteroatoms. The lowest BCUT2D eigenvalue weighted by Gasteiger charge is -2.01. The van der Waals surface area contributed by atoms with Gasteiger partial charge in [-0.25, -0.2) is 0 Å². The lowest BCUT2D eigenvalue weighted by atomic mass is 10.1. The molecule has 0 atom stereocenters. The van der Waals surface area contributed by atoms with Gasteiger partial charge < -0.3 is 0 Å². The summed E-state index contributed by atoms with van der Waals surface area (Å²) in [4.78, 5) is 0. The fraction of sp³-hybridized carbons (Fsp3) is 0.833. The van der Waals surface area contributed by atoms with E-state index in [1.54, 1.807) is 0 Å². The molecule has 0 heterocycles. The number of alkyl halides is 1. The lowest BCUT2D eigenvalue weighted by molar-refractivity contribution is 0.630. The van der Waals surface area contributed by atoms with E-state index in [0.29, 0.717) is 0 Å². The van der Waals surface area contributed by atoms with E-state index in [9.17, 15) is 0 Å². The maximum atomic E-state index is 5.60. The van der Waals surface area contributed by atoms with Crippen LogP contribution >= 0.6 is 11.6 Å². The number of halogens is 1. The Balaban J connectivity index is 3.21. The standard InChI is InChI=1S/C12H23Cl/c1-3-4-5-6-7-9-12(2)10-8-11-13/h10H,3-9,11H2,1-2H3. The molecule has 13 heavy (non-hydrogen) atoms. The quantitative estimate of drug-likeness (QED) is 0.298. The van der Waals surface area contributed by atoms with Crippen LogP contribution in [0.2, 0.25) is 0 Å². The van der Waals surface area contributed by atoms with E-state index in [0.717, 1.165) is 12.3 Å². The van der Waals surface area contributed by atoms with E-state index in [1.807, 2.05) is 0 Å². The Bertz CT molecular complexity index is 127. The third-order valence-electron chi connectivity index (χ3n) is 2.28. The molecule has 0 aromatic rings. The van der Waals surface area contributed by atoms with Gasteiger partial charge in [-0.2, -0.15) is 0 Å². The van der Waals surface area contributed by atoms with Gasteiger partial charge in [0.2, 0.25) is 0 Å². The van der Waals surface area contributed by atoms with Crippen molar-refractivity contribution in [3.05, 3.63) is 11.6 Å². The number of hydrogen-bond donors (Lipinski definition) is 0. The Labute approximate surface area is 88.4 Å². The summed E-state index contributed by atoms with van der Waals surface area (Å²) in [5.74, 6) is 0.757. The number of rotatable bonds is 8. The van der Waals surface area contributed by atoms with Crippen molar-refractivity contribution in [1.82, 2.24) is 0 Å². The summed E-state index contributed by atoms with van der Waals surface area (Å²) in [5, 5.41) is 0. The second kappa shape index (κ2) is 10.1. The van der Waals surface area contributed by atoms with E-state index in [1.165, 1.54) is 44.1 Å². The highest BCUT2D eigenvalue weighted by atomic mass is 35.5. The molecule has 0 fully saturated rings. The first-order valence-corrected chi connectivity index (χ1v) is 6.06. The van der Waals surface area contributed by atoms with Crippen LogP contribution in [0.4, 0.5) is 0 Å². The van der Waals surface area contributed by atoms with Crippen molar-refractivity contribution in [3.8, 4) is 0 Å². The zero-order valence-electron chi connectivity index (χ0n) is 9.11. The Hall–Kier alpha value is 0.0300. The maximum absolute atomic E-state index is 5.60. The first kappa shape index (κ1) is 13.0. The molecule has 0 aliphatic carbocycles. The normalized spacial score (nSPS) is 12.1. The number of hydrogen-bond acceptors (Lipinski definition) is 0. The van der Waals surface area contributed by atoms with Crippen molar-refractivity contribution in [2.24, 2.45) is 0 Å². The van der Waals surface area contributed by atoms with Crippen LogP contribution in [0.15, 0.2) is 11.6 Å². The summed E-state index contributed by atoms with van der Waals surface area (Å²) in [6.45, 7) is 4.47. The zero-order valence-corrected chi connectivity index (χ0v) is 9.87. The third kappa shape index (κ3) is 9.95. The average Bonchev–Trinajstić information content (AvgIpc) is 2.14. The number of unbranched alkanes of at least 4 members (excludes halogenated alkanes) is 4. The van der Waals surface area contributed by atoms with Gasteiger partial charge in [0.25, 0.3) is 0 Å². The molecule has 0 unspecified atom stereocenters. The smallest absolute Gasteiger partial charge is 0.0258 e. The van der Waals surface area contributed by atoms with Crippen LogP contribution in [0, 0.1) is 0 Å². The van der Waals surface area contributed by atoms with Crippen molar-refractivity contribution in [3.63, 3.8) is 0 Å². The Morgan fingerprint density at radius 2 is 1.85 bits per heavy atom. The van der Waals surface area contributed by atoms with Crippen molar-refractivity contribution in [2.45, 2.75) is 58.8 Å². The summed E-state index contributed by atoms with van der Waals surface area (Å²) >= 11 is 5.60. The topological polar surface area (TPSA) is 0 Å². The second-order valence-electron chi connectivity index (χ2n) is 3.69. The molecule has 0 spiro atoms. The SMILES string of the molecule is CCCCCCCC(C)=CCCCl. The highest BCUT2D eigenvalue weighted by molar-refractivity contribution is 6.17. The van der Waals surface area contributed by atoms with Crippen LogP contribution in [0.1, 0.15) is 58.8 Å². The molecular weight excluding hydrogens is 180 g/mol. The van der Waals surface area contributed by atoms with Gasteiger partial charge in [0.1, 0.15) is 0 Å². The monoisotopic (exact) mass is 202 g/mol. The lowest BCUT2D eigenvalue weighted by Crippen LogP contribution is -1.81. The Morgan fingerprint density at radius 1 is 1.15 bits per heavy atom. The van der Waals surface area contributed by atoms with Crippen molar-refractivity contribution >= 4 is 11.6 Å². The molecule has 0 radical (unpaired) electrons. The molecule has 0 rings (SSSR count). The predicted molar refractivity (Wildman–Crippen MR) is 62.5 cm³/mol. The van der Waals surface area contributed by atoms with Gasteiger partial charge in [-0.1, -0.05) is 44.3 Å². The van der Waals surface area contributed by atoms with Gasteiger partial charge in [0.05, 0.1) is 0 Å². The average molecular weight is 203 g/mol. The van der Waals surface area contributed by atoms with Crippen LogP contribution < -0.4 is 0 Å². The molecule has 0 N–H and O–H groups in total. The third-order valence-corrected chi connectivity index (χ3v) is 2.49. The van der Waals surface area contributed by atoms with Gasteiger partial charge >= 0.3 is 0 Å². The molecule has 0 saturated carbocycles. The first-order chi connectivity index (χ1) is 6.31. The molecule has 0 bridgehead atoms. The van der Waals surface area contributed by atoms with Crippen molar-refractivity contribution in [1.29, 1.82) is 0 Å². The van der Waals surface area contributed by atoms with E-state index in [2.05, 4.69) is 19.9 Å². The van der Waals surface area contributed by atoms with Gasteiger partial charge in [-0.3, -0.25) is 0 Å². The van der Waals surface area contributed by atoms with Gasteiger partial charge in [0, 0.05) is 5.88 Å². The summed E-state index contributed by atoms with van der Waals surface area (Å²) in [5.41, 5.74) is 1.51. The zero-order chi connectivity index (χ0) is 9.94. The Morgan fingerprint density at radius 3 is 2.46 bits per heavy atom. The first-order valence-electron chi connectivity index (χ1n) is 5.52. The minimum absolute atomic E-state index is 0.757. The maximum Gasteiger partial charge on any atom is 0.0258 e. The van der Waals surface area contributed by atoms with Gasteiger partial charge in [-0.15, -0.1) is 11.6 Å². The summed E-state index contributed by atoms with van der Waals surface area (Å²) in [6, 6.07) is 0. The van der Waals surface area contributed by atoms with Gasteiger partial charge in [-0.05, 0) is 26.2 Å². The highest BCUT2D eigenvalue weighted by Gasteiger charge is 1.91. The predicted octanol–water partition coefficient (Wildman–Crippen LogP) is 4.92. The molecule has 0 amide bonds. The molecule has 78 valence electrons. The van der Waals surface area contributed by atoms with E-state index >= 15 is 0 Å². The summed E-state index contributed by atoms with van der Waals surface area (Å²) in [7, 11) is 0. The molecule has 0 aromatic carbocycles. The molecule has 0 aliphatic heterocycles. The minimum Gasteiger partial charge on any atom is -0.126 e. The molecule has 0 aromatic heterocycles. The van der Waals surface area contributed by atoms with Gasteiger partial charge in [0.15, 0.2) is 0 Å². The largest absolute Gasteiger partial charge is 0.126 e. The second-order valence-corrected chi connectivity index (χ2v) is 4.07. The van der Waals surface area contributed by atoms with Crippen LogP contribution in [-0.4, -0.2) is 5.88 Å². The number of allylic oxidation sites excluding steroid dienone is 2. The van der Waals surface area contributed by atoms with Crippen molar-refractivity contribution < 1.29 is 0 Å². The van der Waals surface area contributed by atoms with Crippen LogP contribution in [-0.2, 0) is 0 Å². The minimum atomic E-state index is 0.757. The fourth-order valence-corrected chi connectivity index (χ4v) is 1.52. The van der Waals surface area contributed by atoms with Crippen LogP contribution in [0.25, 0.3) is 0 Å². The van der Waals surface area contributed by atoms with E-state index in [4.69, 9.17) is 11.6 Å². The van der Waals surface area contributed by atoms with Crippen molar-refractivity contribution in [2.75, 3.05) is 5.88 Å². The van der Waals surface area contributed by atoms with E-state index in [-0.39, 0.29) is 0 Å². The van der Waals surface area contributed by atoms with Crippen LogP contribution in [0.5, 0.6) is 0 Å². The van der Waals surface area contributed by atoms with E-state index < -0.39 is 0 Å². The fourth-order valence-electron chi connectivity index (χ4n) is 1.41. The molecule has 0 nitrogen and oxygen atoms in total. The summed E-state index contributed by atoms with van der Waals surface area (Å²) < 4.78 is 0. The summed E-state index contributed by atoms with van der Waals surface area (Å²) in [6.07, 6.45) is 11.4. The molecule has 0 saturated heterocycles.